The van der Waals surface area contributed by atoms with Crippen LogP contribution in [0, 0.1) is 0 Å². The Morgan fingerprint density at radius 3 is 0.800 bits per heavy atom. The zero-order valence-corrected chi connectivity index (χ0v) is 9.45. The van der Waals surface area contributed by atoms with Gasteiger partial charge < -0.3 is 0 Å². The fraction of sp³-hybridized carbons (Fsp3) is 0. The number of hydrogen-bond donors (Lipinski definition) is 0. The van der Waals surface area contributed by atoms with E-state index in [0.29, 0.717) is 0 Å². The van der Waals surface area contributed by atoms with Crippen molar-refractivity contribution in [2.45, 2.75) is 0 Å². The molecule has 0 amide bonds. The van der Waals surface area contributed by atoms with Crippen LogP contribution in [0.1, 0.15) is 0 Å². The summed E-state index contributed by atoms with van der Waals surface area (Å²) in [7, 11) is -12.6. The van der Waals surface area contributed by atoms with Gasteiger partial charge in [0.25, 0.3) is 0 Å². The molecular formula is O8Re2. The van der Waals surface area contributed by atoms with E-state index in [2.05, 4.69) is 0 Å². The average molecular weight is 500 g/mol. The van der Waals surface area contributed by atoms with Crippen LogP contribution in [-0.2, 0) is 50.5 Å². The summed E-state index contributed by atoms with van der Waals surface area (Å²) < 4.78 is 74.9. The molecule has 0 bridgehead atoms. The first-order chi connectivity index (χ1) is 3.43. The van der Waals surface area contributed by atoms with Crippen molar-refractivity contribution < 1.29 is 50.5 Å². The second kappa shape index (κ2) is 0.631. The van der Waals surface area contributed by atoms with Crippen LogP contribution in [-0.4, -0.2) is 0 Å². The van der Waals surface area contributed by atoms with E-state index < -0.39 is 22.7 Å². The Bertz CT molecular complexity index is 854. The van der Waals surface area contributed by atoms with E-state index in [0.717, 1.165) is 0 Å². The quantitative estimate of drug-likeness (QED) is 0.449. The predicted octanol–water partition coefficient (Wildman–Crippen LogP) is -0.955. The molecule has 62 valence electrons. The first-order valence-electron chi connectivity index (χ1n) is 1.38. The Morgan fingerprint density at radius 1 is 0.700 bits per heavy atom. The summed E-state index contributed by atoms with van der Waals surface area (Å²) in [6.45, 7) is 0. The monoisotopic (exact) mass is 502 g/mol. The van der Waals surface area contributed by atoms with E-state index in [-0.39, 0.29) is 0 Å². The molecule has 10 heteroatoms. The maximum absolute atomic E-state index is 12.6. The van der Waals surface area contributed by atoms with Crippen LogP contribution in [0.15, 0.2) is 0 Å². The van der Waals surface area contributed by atoms with Crippen molar-refractivity contribution in [3.8, 4) is 0 Å². The van der Waals surface area contributed by atoms with Crippen LogP contribution in [0.25, 0.3) is 0 Å². The molecule has 0 spiro atoms. The van der Waals surface area contributed by atoms with Gasteiger partial charge in [-0.15, -0.1) is 0 Å². The van der Waals surface area contributed by atoms with Crippen molar-refractivity contribution in [2.75, 3.05) is 0 Å². The van der Waals surface area contributed by atoms with Gasteiger partial charge in [0.15, 0.2) is 0 Å². The normalized spacial score (nSPS) is 22.0. The zero-order chi connectivity index (χ0) is 9.06. The molecule has 0 aromatic carbocycles. The Hall–Kier alpha value is -0.275. The van der Waals surface area contributed by atoms with Gasteiger partial charge in [0.2, 0.25) is 0 Å². The molecule has 0 aliphatic rings. The van der Waals surface area contributed by atoms with E-state index in [1.54, 1.807) is 0 Å². The summed E-state index contributed by atoms with van der Waals surface area (Å²) >= 11 is -5.23. The van der Waals surface area contributed by atoms with Crippen LogP contribution in [0.2, 0.25) is 0 Å². The number of hydrogen-bond acceptors (Lipinski definition) is 8. The van der Waals surface area contributed by atoms with Gasteiger partial charge in [-0.3, -0.25) is 0 Å². The van der Waals surface area contributed by atoms with Crippen molar-refractivity contribution in [3.05, 3.63) is 0 Å². The van der Waals surface area contributed by atoms with E-state index in [1.807, 2.05) is 0 Å². The summed E-state index contributed by atoms with van der Waals surface area (Å²) in [6.07, 6.45) is 0. The van der Waals surface area contributed by atoms with Crippen LogP contribution in [0.4, 0.5) is 0 Å². The molecule has 0 heterocycles. The summed E-state index contributed by atoms with van der Waals surface area (Å²) in [5, 5.41) is 0. The van der Waals surface area contributed by atoms with Crippen LogP contribution < -0.4 is 0 Å². The SMILES string of the molecule is [O]=[Re][Re](=[O])(=[O])(=[O])(=[O])(=[O])(=[O])=[O]. The van der Waals surface area contributed by atoms with Gasteiger partial charge in [0, 0.05) is 0 Å². The number of rotatable bonds is 1. The first kappa shape index (κ1) is 9.72. The van der Waals surface area contributed by atoms with Crippen molar-refractivity contribution >= 4 is 0 Å². The summed E-state index contributed by atoms with van der Waals surface area (Å²) in [5.41, 5.74) is 0. The molecule has 0 aliphatic heterocycles. The average Bonchev–Trinajstić information content (AvgIpc) is 1.25. The molecule has 0 aromatic heterocycles. The van der Waals surface area contributed by atoms with Gasteiger partial charge in [-0.05, 0) is 0 Å². The van der Waals surface area contributed by atoms with E-state index >= 15 is 0 Å². The van der Waals surface area contributed by atoms with Gasteiger partial charge >= 0.3 is 50.5 Å². The molecule has 0 N–H and O–H groups in total. The molecular weight excluding hydrogens is 500 g/mol. The van der Waals surface area contributed by atoms with Gasteiger partial charge in [0.1, 0.15) is 0 Å². The van der Waals surface area contributed by atoms with Crippen LogP contribution in [0.5, 0.6) is 0 Å². The Kier molecular flexibility index (Phi) is 0.614. The Balaban J connectivity index is 9.84. The fourth-order valence-corrected chi connectivity index (χ4v) is 0. The Labute approximate surface area is 50.6 Å². The molecule has 0 saturated carbocycles. The second-order valence-electron chi connectivity index (χ2n) is 1.79. The standard InChI is InChI=1S/8O.2Re. The van der Waals surface area contributed by atoms with Crippen LogP contribution in [0.3, 0.4) is 0 Å². The molecule has 0 fully saturated rings. The van der Waals surface area contributed by atoms with Crippen molar-refractivity contribution in [2.24, 2.45) is 0 Å². The van der Waals surface area contributed by atoms with E-state index in [9.17, 15) is 27.8 Å². The molecule has 10 heavy (non-hydrogen) atoms. The summed E-state index contributed by atoms with van der Waals surface area (Å²) in [5.74, 6) is 0. The van der Waals surface area contributed by atoms with Crippen molar-refractivity contribution in [1.29, 1.82) is 0 Å². The third kappa shape index (κ3) is 7.72. The minimum absolute atomic E-state index is 5.23. The zero-order valence-electron chi connectivity index (χ0n) is 4.02. The van der Waals surface area contributed by atoms with Gasteiger partial charge in [0.05, 0.1) is 0 Å². The van der Waals surface area contributed by atoms with Gasteiger partial charge in [-0.1, -0.05) is 0 Å². The molecule has 0 aromatic rings. The fourth-order valence-electron chi connectivity index (χ4n) is 0. The molecule has 0 atom stereocenters. The maximum atomic E-state index is 9.37. The topological polar surface area (TPSA) is 137 Å². The third-order valence-electron chi connectivity index (χ3n) is 0.167. The summed E-state index contributed by atoms with van der Waals surface area (Å²) in [4.78, 5) is 0. The van der Waals surface area contributed by atoms with E-state index in [4.69, 9.17) is 0 Å². The molecule has 0 unspecified atom stereocenters. The van der Waals surface area contributed by atoms with Crippen LogP contribution >= 0.6 is 0 Å². The molecule has 8 nitrogen and oxygen atoms in total. The summed E-state index contributed by atoms with van der Waals surface area (Å²) in [6, 6.07) is 0. The van der Waals surface area contributed by atoms with Gasteiger partial charge in [-0.2, -0.15) is 0 Å². The first-order valence-corrected chi connectivity index (χ1v) is 19.7. The van der Waals surface area contributed by atoms with Gasteiger partial charge in [-0.25, -0.2) is 0 Å². The van der Waals surface area contributed by atoms with E-state index in [1.165, 1.54) is 0 Å². The van der Waals surface area contributed by atoms with Crippen molar-refractivity contribution in [1.82, 2.24) is 0 Å². The molecule has 0 saturated heterocycles. The Morgan fingerprint density at radius 2 is 0.800 bits per heavy atom. The molecule has 0 aliphatic carbocycles. The molecule has 0 rings (SSSR count). The second-order valence-corrected chi connectivity index (χ2v) is 42.1. The minimum atomic E-state index is -12.6. The van der Waals surface area contributed by atoms with Crippen molar-refractivity contribution in [3.63, 3.8) is 0 Å². The predicted molar refractivity (Wildman–Crippen MR) is 5.49 cm³/mol. The third-order valence-corrected chi connectivity index (χ3v) is 11.2. The molecule has 0 radical (unpaired) electrons.